The fourth-order valence-corrected chi connectivity index (χ4v) is 9.53. The lowest BCUT2D eigenvalue weighted by atomic mass is 9.82. The SMILES string of the molecule is Cc1cc(-c2ccc3c(c2)C2CCCC2N3c2ccc3c(c2)-c2ccccc2C3(C)C)sc1/C=C1/Oc2cc(C(=O)O)ccc2C1=O. The van der Waals surface area contributed by atoms with Crippen LogP contribution in [-0.2, 0) is 5.41 Å². The molecule has 5 aromatic rings. The number of rotatable bonds is 4. The molecular weight excluding hydrogens is 603 g/mol. The van der Waals surface area contributed by atoms with E-state index in [0.717, 1.165) is 15.3 Å². The minimum absolute atomic E-state index is 0.00314. The Hall–Kier alpha value is -4.94. The molecule has 1 fully saturated rings. The van der Waals surface area contributed by atoms with Crippen molar-refractivity contribution in [3.63, 3.8) is 0 Å². The number of ether oxygens (including phenoxy) is 1. The van der Waals surface area contributed by atoms with E-state index in [4.69, 9.17) is 4.74 Å². The van der Waals surface area contributed by atoms with Crippen LogP contribution < -0.4 is 9.64 Å². The molecule has 0 radical (unpaired) electrons. The number of anilines is 2. The molecule has 47 heavy (non-hydrogen) atoms. The van der Waals surface area contributed by atoms with Crippen LogP contribution in [-0.4, -0.2) is 22.9 Å². The zero-order chi connectivity index (χ0) is 32.2. The van der Waals surface area contributed by atoms with Gasteiger partial charge in [0.05, 0.1) is 11.1 Å². The van der Waals surface area contributed by atoms with Gasteiger partial charge in [0.15, 0.2) is 5.76 Å². The third-order valence-corrected chi connectivity index (χ3v) is 12.0. The van der Waals surface area contributed by atoms with Crippen LogP contribution in [0.2, 0.25) is 0 Å². The van der Waals surface area contributed by atoms with Crippen molar-refractivity contribution < 1.29 is 19.4 Å². The number of aromatic carboxylic acids is 1. The minimum atomic E-state index is -1.05. The minimum Gasteiger partial charge on any atom is -0.478 e. The molecule has 2 atom stereocenters. The molecule has 232 valence electrons. The second kappa shape index (κ2) is 10.0. The molecule has 0 amide bonds. The van der Waals surface area contributed by atoms with Gasteiger partial charge in [0.25, 0.3) is 0 Å². The largest absolute Gasteiger partial charge is 0.478 e. The van der Waals surface area contributed by atoms with Crippen molar-refractivity contribution in [3.8, 4) is 27.3 Å². The third kappa shape index (κ3) is 4.14. The lowest BCUT2D eigenvalue weighted by Crippen LogP contribution is -2.26. The molecule has 1 aromatic heterocycles. The van der Waals surface area contributed by atoms with Gasteiger partial charge in [0, 0.05) is 44.6 Å². The first kappa shape index (κ1) is 28.3. The maximum absolute atomic E-state index is 13.1. The predicted molar refractivity (Wildman–Crippen MR) is 187 cm³/mol. The molecule has 2 unspecified atom stereocenters. The van der Waals surface area contributed by atoms with Crippen LogP contribution in [0.3, 0.4) is 0 Å². The van der Waals surface area contributed by atoms with Gasteiger partial charge in [-0.15, -0.1) is 11.3 Å². The van der Waals surface area contributed by atoms with E-state index in [0.29, 0.717) is 23.3 Å². The number of aryl methyl sites for hydroxylation is 1. The number of carboxylic acid groups (broad SMARTS) is 1. The van der Waals surface area contributed by atoms with Crippen molar-refractivity contribution in [3.05, 3.63) is 129 Å². The van der Waals surface area contributed by atoms with Crippen LogP contribution in [0.5, 0.6) is 5.75 Å². The van der Waals surface area contributed by atoms with Crippen molar-refractivity contribution in [2.24, 2.45) is 0 Å². The molecular formula is C41H33NO4S. The molecule has 9 rings (SSSR count). The summed E-state index contributed by atoms with van der Waals surface area (Å²) in [7, 11) is 0. The van der Waals surface area contributed by atoms with E-state index in [9.17, 15) is 14.7 Å². The van der Waals surface area contributed by atoms with Gasteiger partial charge in [-0.05, 0) is 107 Å². The summed E-state index contributed by atoms with van der Waals surface area (Å²) in [6, 6.07) is 29.9. The van der Waals surface area contributed by atoms with Crippen LogP contribution in [0.1, 0.15) is 86.9 Å². The summed E-state index contributed by atoms with van der Waals surface area (Å²) in [6.07, 6.45) is 5.41. The molecule has 1 N–H and O–H groups in total. The van der Waals surface area contributed by atoms with Crippen LogP contribution in [0.15, 0.2) is 90.7 Å². The number of hydrogen-bond donors (Lipinski definition) is 1. The zero-order valence-corrected chi connectivity index (χ0v) is 27.3. The van der Waals surface area contributed by atoms with Gasteiger partial charge in [0.2, 0.25) is 5.78 Å². The first-order valence-corrected chi connectivity index (χ1v) is 17.1. The summed E-state index contributed by atoms with van der Waals surface area (Å²) in [5.74, 6) is -0.263. The highest BCUT2D eigenvalue weighted by Gasteiger charge is 2.43. The summed E-state index contributed by atoms with van der Waals surface area (Å²) >= 11 is 1.65. The van der Waals surface area contributed by atoms with Crippen molar-refractivity contribution >= 4 is 40.5 Å². The Morgan fingerprint density at radius 1 is 0.936 bits per heavy atom. The summed E-state index contributed by atoms with van der Waals surface area (Å²) < 4.78 is 5.85. The maximum atomic E-state index is 13.1. The Balaban J connectivity index is 1.05. The van der Waals surface area contributed by atoms with Gasteiger partial charge in [-0.2, -0.15) is 0 Å². The highest BCUT2D eigenvalue weighted by molar-refractivity contribution is 7.16. The second-order valence-corrected chi connectivity index (χ2v) is 14.8. The van der Waals surface area contributed by atoms with Crippen LogP contribution in [0.4, 0.5) is 11.4 Å². The highest BCUT2D eigenvalue weighted by atomic mass is 32.1. The molecule has 3 heterocycles. The molecule has 0 bridgehead atoms. The molecule has 1 saturated carbocycles. The number of fused-ring (bicyclic) bond motifs is 7. The smallest absolute Gasteiger partial charge is 0.335 e. The molecule has 2 aliphatic heterocycles. The fraction of sp³-hybridized carbons (Fsp3) is 0.220. The average Bonchev–Trinajstić information content (AvgIpc) is 3.86. The Bertz CT molecular complexity index is 2220. The van der Waals surface area contributed by atoms with E-state index in [2.05, 4.69) is 92.4 Å². The van der Waals surface area contributed by atoms with E-state index >= 15 is 0 Å². The van der Waals surface area contributed by atoms with Crippen LogP contribution >= 0.6 is 11.3 Å². The normalized spacial score (nSPS) is 20.5. The van der Waals surface area contributed by atoms with E-state index in [-0.39, 0.29) is 22.5 Å². The lowest BCUT2D eigenvalue weighted by molar-refractivity contribution is 0.0696. The summed E-state index contributed by atoms with van der Waals surface area (Å²) in [5.41, 5.74) is 12.3. The summed E-state index contributed by atoms with van der Waals surface area (Å²) in [5, 5.41) is 9.34. The Labute approximate surface area is 277 Å². The number of benzene rings is 4. The quantitative estimate of drug-likeness (QED) is 0.199. The number of carbonyl (C=O) groups excluding carboxylic acids is 1. The first-order valence-electron chi connectivity index (χ1n) is 16.3. The van der Waals surface area contributed by atoms with Gasteiger partial charge < -0.3 is 14.7 Å². The molecule has 0 spiro atoms. The van der Waals surface area contributed by atoms with Crippen LogP contribution in [0.25, 0.3) is 27.6 Å². The third-order valence-electron chi connectivity index (χ3n) is 10.8. The number of Topliss-reactive ketones (excluding diaryl/α,β-unsaturated/α-hetero) is 1. The van der Waals surface area contributed by atoms with Crippen molar-refractivity contribution in [2.75, 3.05) is 4.90 Å². The number of thiophene rings is 1. The Morgan fingerprint density at radius 3 is 2.62 bits per heavy atom. The summed E-state index contributed by atoms with van der Waals surface area (Å²) in [4.78, 5) is 29.2. The Morgan fingerprint density at radius 2 is 1.77 bits per heavy atom. The molecule has 4 aromatic carbocycles. The number of allylic oxidation sites excluding steroid dienone is 1. The van der Waals surface area contributed by atoms with E-state index in [1.165, 1.54) is 82.2 Å². The van der Waals surface area contributed by atoms with Crippen molar-refractivity contribution in [1.82, 2.24) is 0 Å². The maximum Gasteiger partial charge on any atom is 0.335 e. The first-order chi connectivity index (χ1) is 22.7. The van der Waals surface area contributed by atoms with E-state index in [1.54, 1.807) is 17.4 Å². The number of nitrogens with zero attached hydrogens (tertiary/aromatic N) is 1. The summed E-state index contributed by atoms with van der Waals surface area (Å²) in [6.45, 7) is 6.72. The predicted octanol–water partition coefficient (Wildman–Crippen LogP) is 10.1. The topological polar surface area (TPSA) is 66.8 Å². The molecule has 5 nitrogen and oxygen atoms in total. The van der Waals surface area contributed by atoms with E-state index in [1.807, 2.05) is 0 Å². The monoisotopic (exact) mass is 635 g/mol. The standard InChI is InChI=1S/C41H33NO4S/c1-22-17-38(47-37(22)21-36-39(43)28-14-11-24(40(44)45)19-35(28)46-36)23-12-16-34-30(18-23)27-8-6-10-33(27)42(34)25-13-15-32-29(20-25)26-7-4-5-9-31(26)41(32,2)3/h4-5,7,9,11-21,27,33H,6,8,10H2,1-3H3,(H,44,45)/b36-21+. The van der Waals surface area contributed by atoms with Crippen molar-refractivity contribution in [1.29, 1.82) is 0 Å². The van der Waals surface area contributed by atoms with Crippen LogP contribution in [0, 0.1) is 6.92 Å². The van der Waals surface area contributed by atoms with E-state index < -0.39 is 5.97 Å². The highest BCUT2D eigenvalue weighted by Crippen LogP contribution is 2.55. The fourth-order valence-electron chi connectivity index (χ4n) is 8.42. The molecule has 2 aliphatic carbocycles. The number of hydrogen-bond acceptors (Lipinski definition) is 5. The zero-order valence-electron chi connectivity index (χ0n) is 26.5. The number of carbonyl (C=O) groups is 2. The van der Waals surface area contributed by atoms with Gasteiger partial charge >= 0.3 is 5.97 Å². The van der Waals surface area contributed by atoms with Gasteiger partial charge in [-0.1, -0.05) is 56.7 Å². The number of carboxylic acids is 1. The van der Waals surface area contributed by atoms with Crippen molar-refractivity contribution in [2.45, 2.75) is 57.4 Å². The molecule has 6 heteroatoms. The average molecular weight is 636 g/mol. The van der Waals surface area contributed by atoms with Gasteiger partial charge in [0.1, 0.15) is 5.75 Å². The molecule has 0 saturated heterocycles. The van der Waals surface area contributed by atoms with Gasteiger partial charge in [-0.3, -0.25) is 4.79 Å². The Kier molecular flexibility index (Phi) is 6.04. The second-order valence-electron chi connectivity index (χ2n) is 13.8. The number of ketones is 1. The molecule has 4 aliphatic rings. The lowest BCUT2D eigenvalue weighted by Gasteiger charge is -2.28. The van der Waals surface area contributed by atoms with Gasteiger partial charge in [-0.25, -0.2) is 4.79 Å².